The van der Waals surface area contributed by atoms with Gasteiger partial charge in [-0.1, -0.05) is 0 Å². The normalized spacial score (nSPS) is 11.2. The first-order valence-corrected chi connectivity index (χ1v) is 9.94. The van der Waals surface area contributed by atoms with Crippen LogP contribution in [0.5, 0.6) is 0 Å². The Morgan fingerprint density at radius 1 is 1.19 bits per heavy atom. The van der Waals surface area contributed by atoms with E-state index in [0.29, 0.717) is 42.1 Å². The third-order valence-corrected chi connectivity index (χ3v) is 5.15. The molecule has 31 heavy (non-hydrogen) atoms. The second-order valence-corrected chi connectivity index (χ2v) is 7.25. The second kappa shape index (κ2) is 8.69. The van der Waals surface area contributed by atoms with Gasteiger partial charge in [0.1, 0.15) is 11.3 Å². The van der Waals surface area contributed by atoms with E-state index in [4.69, 9.17) is 9.15 Å². The van der Waals surface area contributed by atoms with Crippen LogP contribution in [0.2, 0.25) is 0 Å². The van der Waals surface area contributed by atoms with Gasteiger partial charge in [-0.25, -0.2) is 14.1 Å². The van der Waals surface area contributed by atoms with Crippen molar-refractivity contribution in [3.05, 3.63) is 76.7 Å². The van der Waals surface area contributed by atoms with Gasteiger partial charge in [0, 0.05) is 36.9 Å². The lowest BCUT2D eigenvalue weighted by Crippen LogP contribution is -2.23. The first kappa shape index (κ1) is 20.7. The minimum absolute atomic E-state index is 0.218. The molecule has 8 heteroatoms. The number of amides is 1. The van der Waals surface area contributed by atoms with Gasteiger partial charge in [0.25, 0.3) is 5.91 Å². The Hall–Kier alpha value is -3.52. The highest BCUT2D eigenvalue weighted by molar-refractivity contribution is 5.97. The number of fused-ring (bicyclic) bond motifs is 1. The Balaban J connectivity index is 1.49. The van der Waals surface area contributed by atoms with E-state index < -0.39 is 0 Å². The SMILES string of the molecule is COCCc1nc2ccc(C(=O)NCc3c(C)nn(-c4ccc(F)cc4)c3C)cc2o1. The van der Waals surface area contributed by atoms with Crippen LogP contribution in [0.25, 0.3) is 16.8 Å². The molecule has 0 saturated heterocycles. The van der Waals surface area contributed by atoms with E-state index in [0.717, 1.165) is 22.6 Å². The van der Waals surface area contributed by atoms with Crippen LogP contribution in [0.4, 0.5) is 4.39 Å². The monoisotopic (exact) mass is 422 g/mol. The molecular formula is C23H23FN4O3. The average molecular weight is 422 g/mol. The molecule has 160 valence electrons. The Labute approximate surface area is 178 Å². The highest BCUT2D eigenvalue weighted by Crippen LogP contribution is 2.20. The number of hydrogen-bond acceptors (Lipinski definition) is 5. The maximum atomic E-state index is 13.2. The molecule has 0 atom stereocenters. The number of methoxy groups -OCH3 is 1. The zero-order chi connectivity index (χ0) is 22.0. The van der Waals surface area contributed by atoms with Crippen LogP contribution in [-0.2, 0) is 17.7 Å². The van der Waals surface area contributed by atoms with E-state index in [1.54, 1.807) is 42.1 Å². The molecule has 0 aliphatic rings. The van der Waals surface area contributed by atoms with Crippen molar-refractivity contribution in [3.63, 3.8) is 0 Å². The fourth-order valence-electron chi connectivity index (χ4n) is 3.45. The number of benzene rings is 2. The quantitative estimate of drug-likeness (QED) is 0.489. The molecule has 4 rings (SSSR count). The molecule has 0 aliphatic carbocycles. The number of ether oxygens (including phenoxy) is 1. The zero-order valence-corrected chi connectivity index (χ0v) is 17.6. The molecule has 2 heterocycles. The molecule has 0 spiro atoms. The third-order valence-electron chi connectivity index (χ3n) is 5.15. The molecule has 0 radical (unpaired) electrons. The van der Waals surface area contributed by atoms with Crippen molar-refractivity contribution in [2.24, 2.45) is 0 Å². The third kappa shape index (κ3) is 4.34. The highest BCUT2D eigenvalue weighted by Gasteiger charge is 2.15. The second-order valence-electron chi connectivity index (χ2n) is 7.25. The summed E-state index contributed by atoms with van der Waals surface area (Å²) in [6.07, 6.45) is 0.573. The predicted octanol–water partition coefficient (Wildman–Crippen LogP) is 3.89. The molecule has 4 aromatic rings. The van der Waals surface area contributed by atoms with E-state index >= 15 is 0 Å². The summed E-state index contributed by atoms with van der Waals surface area (Å²) < 4.78 is 25.7. The van der Waals surface area contributed by atoms with E-state index in [1.165, 1.54) is 12.1 Å². The molecule has 0 unspecified atom stereocenters. The van der Waals surface area contributed by atoms with Crippen LogP contribution in [0.15, 0.2) is 46.9 Å². The van der Waals surface area contributed by atoms with Gasteiger partial charge in [-0.2, -0.15) is 5.10 Å². The number of hydrogen-bond donors (Lipinski definition) is 1. The van der Waals surface area contributed by atoms with Crippen molar-refractivity contribution >= 4 is 17.0 Å². The summed E-state index contributed by atoms with van der Waals surface area (Å²) >= 11 is 0. The number of halogens is 1. The molecule has 0 aliphatic heterocycles. The summed E-state index contributed by atoms with van der Waals surface area (Å²) in [5.41, 5.74) is 5.13. The van der Waals surface area contributed by atoms with Gasteiger partial charge in [-0.05, 0) is 56.3 Å². The number of aryl methyl sites for hydroxylation is 1. The molecular weight excluding hydrogens is 399 g/mol. The minimum atomic E-state index is -0.299. The summed E-state index contributed by atoms with van der Waals surface area (Å²) in [5, 5.41) is 7.48. The standard InChI is InChI=1S/C23H23FN4O3/c1-14-19(15(2)28(27-14)18-7-5-17(24)6-8-18)13-25-23(29)16-4-9-20-21(12-16)31-22(26-20)10-11-30-3/h4-9,12H,10-11,13H2,1-3H3,(H,25,29). The van der Waals surface area contributed by atoms with E-state index in [2.05, 4.69) is 15.4 Å². The number of aromatic nitrogens is 3. The highest BCUT2D eigenvalue weighted by atomic mass is 19.1. The van der Waals surface area contributed by atoms with Crippen molar-refractivity contribution < 1.29 is 18.3 Å². The van der Waals surface area contributed by atoms with Gasteiger partial charge in [0.2, 0.25) is 0 Å². The molecule has 2 aromatic carbocycles. The lowest BCUT2D eigenvalue weighted by atomic mass is 10.1. The van der Waals surface area contributed by atoms with Crippen molar-refractivity contribution in [2.75, 3.05) is 13.7 Å². The number of carbonyl (C=O) groups is 1. The van der Waals surface area contributed by atoms with Crippen LogP contribution in [0, 0.1) is 19.7 Å². The largest absolute Gasteiger partial charge is 0.441 e. The van der Waals surface area contributed by atoms with Crippen molar-refractivity contribution in [1.29, 1.82) is 0 Å². The van der Waals surface area contributed by atoms with Gasteiger partial charge in [-0.15, -0.1) is 0 Å². The van der Waals surface area contributed by atoms with Gasteiger partial charge in [0.05, 0.1) is 18.0 Å². The lowest BCUT2D eigenvalue weighted by molar-refractivity contribution is 0.0951. The lowest BCUT2D eigenvalue weighted by Gasteiger charge is -2.07. The summed E-state index contributed by atoms with van der Waals surface area (Å²) in [6.45, 7) is 4.65. The minimum Gasteiger partial charge on any atom is -0.441 e. The number of rotatable bonds is 7. The molecule has 1 N–H and O–H groups in total. The van der Waals surface area contributed by atoms with Gasteiger partial charge in [0.15, 0.2) is 11.5 Å². The van der Waals surface area contributed by atoms with Crippen LogP contribution in [0.3, 0.4) is 0 Å². The summed E-state index contributed by atoms with van der Waals surface area (Å²) in [5.74, 6) is 0.0613. The summed E-state index contributed by atoms with van der Waals surface area (Å²) in [7, 11) is 1.62. The molecule has 2 aromatic heterocycles. The topological polar surface area (TPSA) is 82.2 Å². The van der Waals surface area contributed by atoms with Crippen molar-refractivity contribution in [1.82, 2.24) is 20.1 Å². The molecule has 1 amide bonds. The molecule has 0 bridgehead atoms. The van der Waals surface area contributed by atoms with Crippen LogP contribution in [0.1, 0.15) is 33.2 Å². The first-order valence-electron chi connectivity index (χ1n) is 9.94. The number of oxazole rings is 1. The Bertz CT molecular complexity index is 1230. The van der Waals surface area contributed by atoms with Gasteiger partial charge < -0.3 is 14.5 Å². The fraction of sp³-hybridized carbons (Fsp3) is 0.261. The number of nitrogens with zero attached hydrogens (tertiary/aromatic N) is 3. The van der Waals surface area contributed by atoms with Crippen LogP contribution >= 0.6 is 0 Å². The first-order chi connectivity index (χ1) is 15.0. The summed E-state index contributed by atoms with van der Waals surface area (Å²) in [6, 6.07) is 11.3. The average Bonchev–Trinajstić information content (AvgIpc) is 3.30. The zero-order valence-electron chi connectivity index (χ0n) is 17.6. The van der Waals surface area contributed by atoms with E-state index in [1.807, 2.05) is 13.8 Å². The van der Waals surface area contributed by atoms with Gasteiger partial charge in [-0.3, -0.25) is 4.79 Å². The molecule has 0 fully saturated rings. The van der Waals surface area contributed by atoms with Crippen molar-refractivity contribution in [2.45, 2.75) is 26.8 Å². The molecule has 7 nitrogen and oxygen atoms in total. The number of carbonyl (C=O) groups excluding carboxylic acids is 1. The van der Waals surface area contributed by atoms with E-state index in [-0.39, 0.29) is 11.7 Å². The Morgan fingerprint density at radius 3 is 2.71 bits per heavy atom. The fourth-order valence-corrected chi connectivity index (χ4v) is 3.45. The maximum absolute atomic E-state index is 13.2. The predicted molar refractivity (Wildman–Crippen MR) is 114 cm³/mol. The Morgan fingerprint density at radius 2 is 1.97 bits per heavy atom. The van der Waals surface area contributed by atoms with Crippen LogP contribution < -0.4 is 5.32 Å². The van der Waals surface area contributed by atoms with Crippen LogP contribution in [-0.4, -0.2) is 34.4 Å². The smallest absolute Gasteiger partial charge is 0.251 e. The maximum Gasteiger partial charge on any atom is 0.251 e. The summed E-state index contributed by atoms with van der Waals surface area (Å²) in [4.78, 5) is 17.1. The molecule has 0 saturated carbocycles. The van der Waals surface area contributed by atoms with Gasteiger partial charge >= 0.3 is 0 Å². The van der Waals surface area contributed by atoms with E-state index in [9.17, 15) is 9.18 Å². The number of nitrogens with one attached hydrogen (secondary N) is 1. The Kier molecular flexibility index (Phi) is 5.81. The van der Waals surface area contributed by atoms with Crippen molar-refractivity contribution in [3.8, 4) is 5.69 Å².